The van der Waals surface area contributed by atoms with Crippen molar-refractivity contribution in [1.29, 1.82) is 0 Å². The Kier molecular flexibility index (Phi) is 5.58. The van der Waals surface area contributed by atoms with Crippen LogP contribution in [0, 0.1) is 5.82 Å². The molecule has 118 valence electrons. The van der Waals surface area contributed by atoms with Crippen LogP contribution in [0.5, 0.6) is 0 Å². The van der Waals surface area contributed by atoms with Crippen molar-refractivity contribution in [2.45, 2.75) is 31.5 Å². The second-order valence-electron chi connectivity index (χ2n) is 5.50. The van der Waals surface area contributed by atoms with Gasteiger partial charge in [0.15, 0.2) is 0 Å². The number of rotatable bonds is 5. The van der Waals surface area contributed by atoms with Crippen molar-refractivity contribution in [1.82, 2.24) is 10.2 Å². The zero-order valence-electron chi connectivity index (χ0n) is 11.8. The van der Waals surface area contributed by atoms with Crippen LogP contribution in [-0.4, -0.2) is 43.3 Å². The lowest BCUT2D eigenvalue weighted by molar-refractivity contribution is -0.148. The molecule has 0 bridgehead atoms. The van der Waals surface area contributed by atoms with Gasteiger partial charge in [-0.1, -0.05) is 12.1 Å². The Morgan fingerprint density at radius 2 is 1.71 bits per heavy atom. The minimum absolute atomic E-state index is 0.247. The van der Waals surface area contributed by atoms with Crippen LogP contribution < -0.4 is 5.32 Å². The van der Waals surface area contributed by atoms with E-state index < -0.39 is 12.7 Å². The Bertz CT molecular complexity index is 422. The van der Waals surface area contributed by atoms with Gasteiger partial charge >= 0.3 is 6.18 Å². The normalized spacial score (nSPS) is 18.1. The van der Waals surface area contributed by atoms with Crippen molar-refractivity contribution < 1.29 is 17.6 Å². The quantitative estimate of drug-likeness (QED) is 0.841. The Balaban J connectivity index is 1.64. The van der Waals surface area contributed by atoms with Crippen LogP contribution in [0.3, 0.4) is 0 Å². The van der Waals surface area contributed by atoms with Crippen LogP contribution in [0.2, 0.25) is 0 Å². The van der Waals surface area contributed by atoms with E-state index in [0.717, 1.165) is 31.4 Å². The van der Waals surface area contributed by atoms with Gasteiger partial charge in [0.1, 0.15) is 5.82 Å². The fraction of sp³-hybridized carbons (Fsp3) is 0.600. The molecule has 6 heteroatoms. The number of piperidine rings is 1. The zero-order chi connectivity index (χ0) is 15.3. The van der Waals surface area contributed by atoms with Crippen molar-refractivity contribution in [3.8, 4) is 0 Å². The third kappa shape index (κ3) is 6.01. The maximum absolute atomic E-state index is 12.8. The first kappa shape index (κ1) is 16.2. The zero-order valence-corrected chi connectivity index (χ0v) is 11.8. The number of benzene rings is 1. The van der Waals surface area contributed by atoms with E-state index in [4.69, 9.17) is 0 Å². The second kappa shape index (κ2) is 7.22. The maximum atomic E-state index is 12.8. The largest absolute Gasteiger partial charge is 0.401 e. The number of hydrogen-bond donors (Lipinski definition) is 1. The summed E-state index contributed by atoms with van der Waals surface area (Å²) in [5.41, 5.74) is 1.05. The van der Waals surface area contributed by atoms with Crippen molar-refractivity contribution in [2.24, 2.45) is 0 Å². The molecule has 0 amide bonds. The van der Waals surface area contributed by atoms with Crippen molar-refractivity contribution in [2.75, 3.05) is 26.2 Å². The van der Waals surface area contributed by atoms with Gasteiger partial charge in [-0.15, -0.1) is 0 Å². The summed E-state index contributed by atoms with van der Waals surface area (Å²) in [6.45, 7) is 0.909. The van der Waals surface area contributed by atoms with Gasteiger partial charge in [0.05, 0.1) is 6.54 Å². The highest BCUT2D eigenvalue weighted by atomic mass is 19.4. The van der Waals surface area contributed by atoms with Crippen LogP contribution in [0.25, 0.3) is 0 Å². The summed E-state index contributed by atoms with van der Waals surface area (Å²) in [6, 6.07) is 6.65. The summed E-state index contributed by atoms with van der Waals surface area (Å²) in [4.78, 5) is 1.46. The van der Waals surface area contributed by atoms with E-state index in [2.05, 4.69) is 5.32 Å². The fourth-order valence-electron chi connectivity index (χ4n) is 2.62. The summed E-state index contributed by atoms with van der Waals surface area (Å²) < 4.78 is 49.6. The minimum Gasteiger partial charge on any atom is -0.314 e. The molecule has 1 aliphatic rings. The molecule has 0 spiro atoms. The molecule has 1 saturated heterocycles. The van der Waals surface area contributed by atoms with E-state index in [0.29, 0.717) is 13.1 Å². The third-order valence-electron chi connectivity index (χ3n) is 3.75. The van der Waals surface area contributed by atoms with Crippen molar-refractivity contribution in [3.63, 3.8) is 0 Å². The number of hydrogen-bond acceptors (Lipinski definition) is 2. The topological polar surface area (TPSA) is 15.3 Å². The second-order valence-corrected chi connectivity index (χ2v) is 5.50. The first-order valence-corrected chi connectivity index (χ1v) is 7.19. The molecular weight excluding hydrogens is 284 g/mol. The van der Waals surface area contributed by atoms with Crippen LogP contribution in [-0.2, 0) is 6.42 Å². The van der Waals surface area contributed by atoms with Crippen LogP contribution >= 0.6 is 0 Å². The van der Waals surface area contributed by atoms with Gasteiger partial charge in [0, 0.05) is 6.04 Å². The predicted molar refractivity (Wildman–Crippen MR) is 73.6 cm³/mol. The molecule has 0 atom stereocenters. The average molecular weight is 304 g/mol. The number of halogens is 4. The van der Waals surface area contributed by atoms with E-state index in [1.54, 1.807) is 12.1 Å². The van der Waals surface area contributed by atoms with E-state index in [9.17, 15) is 17.6 Å². The maximum Gasteiger partial charge on any atom is 0.401 e. The molecule has 0 unspecified atom stereocenters. The molecule has 1 aliphatic heterocycles. The molecule has 1 fully saturated rings. The van der Waals surface area contributed by atoms with Crippen molar-refractivity contribution in [3.05, 3.63) is 35.6 Å². The Hall–Kier alpha value is -1.14. The summed E-state index contributed by atoms with van der Waals surface area (Å²) in [7, 11) is 0. The molecule has 1 N–H and O–H groups in total. The van der Waals surface area contributed by atoms with Crippen LogP contribution in [0.15, 0.2) is 24.3 Å². The molecule has 2 rings (SSSR count). The standard InChI is InChI=1S/C15H20F4N2/c16-13-3-1-12(2-4-13)5-8-20-14-6-9-21(10-7-14)11-15(17,18)19/h1-4,14,20H,5-11H2. The van der Waals surface area contributed by atoms with E-state index in [1.165, 1.54) is 17.0 Å². The Morgan fingerprint density at radius 3 is 2.29 bits per heavy atom. The Labute approximate surface area is 122 Å². The van der Waals surface area contributed by atoms with E-state index >= 15 is 0 Å². The van der Waals surface area contributed by atoms with Crippen LogP contribution in [0.1, 0.15) is 18.4 Å². The molecule has 1 heterocycles. The van der Waals surface area contributed by atoms with Gasteiger partial charge in [0.2, 0.25) is 0 Å². The molecular formula is C15H20F4N2. The molecule has 0 saturated carbocycles. The highest BCUT2D eigenvalue weighted by Gasteiger charge is 2.32. The van der Waals surface area contributed by atoms with Gasteiger partial charge in [-0.3, -0.25) is 4.90 Å². The average Bonchev–Trinajstić information content (AvgIpc) is 2.41. The lowest BCUT2D eigenvalue weighted by Gasteiger charge is -2.32. The molecule has 0 aliphatic carbocycles. The highest BCUT2D eigenvalue weighted by molar-refractivity contribution is 5.16. The van der Waals surface area contributed by atoms with Gasteiger partial charge in [-0.05, 0) is 56.6 Å². The van der Waals surface area contributed by atoms with Gasteiger partial charge in [-0.2, -0.15) is 13.2 Å². The summed E-state index contributed by atoms with van der Waals surface area (Å²) >= 11 is 0. The lowest BCUT2D eigenvalue weighted by Crippen LogP contribution is -2.45. The molecule has 2 nitrogen and oxygen atoms in total. The summed E-state index contributed by atoms with van der Waals surface area (Å²) in [6.07, 6.45) is -1.84. The van der Waals surface area contributed by atoms with Crippen molar-refractivity contribution >= 4 is 0 Å². The molecule has 1 aromatic carbocycles. The number of likely N-dealkylation sites (tertiary alicyclic amines) is 1. The minimum atomic E-state index is -4.11. The first-order valence-electron chi connectivity index (χ1n) is 7.19. The fourth-order valence-corrected chi connectivity index (χ4v) is 2.62. The molecule has 0 aromatic heterocycles. The number of alkyl halides is 3. The predicted octanol–water partition coefficient (Wildman–Crippen LogP) is 2.98. The highest BCUT2D eigenvalue weighted by Crippen LogP contribution is 2.19. The van der Waals surface area contributed by atoms with E-state index in [-0.39, 0.29) is 11.9 Å². The summed E-state index contributed by atoms with van der Waals surface area (Å²) in [5, 5.41) is 3.37. The molecule has 0 radical (unpaired) electrons. The summed E-state index contributed by atoms with van der Waals surface area (Å²) in [5.74, 6) is -0.247. The van der Waals surface area contributed by atoms with E-state index in [1.807, 2.05) is 0 Å². The molecule has 1 aromatic rings. The Morgan fingerprint density at radius 1 is 1.10 bits per heavy atom. The number of nitrogens with one attached hydrogen (secondary N) is 1. The number of nitrogens with zero attached hydrogens (tertiary/aromatic N) is 1. The van der Waals surface area contributed by atoms with Crippen LogP contribution in [0.4, 0.5) is 17.6 Å². The van der Waals surface area contributed by atoms with Gasteiger partial charge in [0.25, 0.3) is 0 Å². The SMILES string of the molecule is Fc1ccc(CCNC2CCN(CC(F)(F)F)CC2)cc1. The lowest BCUT2D eigenvalue weighted by atomic mass is 10.0. The van der Waals surface area contributed by atoms with Gasteiger partial charge < -0.3 is 5.32 Å². The smallest absolute Gasteiger partial charge is 0.314 e. The monoisotopic (exact) mass is 304 g/mol. The first-order chi connectivity index (χ1) is 9.92. The van der Waals surface area contributed by atoms with Gasteiger partial charge in [-0.25, -0.2) is 4.39 Å². The third-order valence-corrected chi connectivity index (χ3v) is 3.75. The molecule has 21 heavy (non-hydrogen) atoms.